The maximum absolute atomic E-state index is 5.69. The highest BCUT2D eigenvalue weighted by Gasteiger charge is 2.48. The minimum atomic E-state index is -0.426. The van der Waals surface area contributed by atoms with Crippen molar-refractivity contribution in [3.8, 4) is 33.5 Å². The second-order valence-electron chi connectivity index (χ2n) is 11.0. The van der Waals surface area contributed by atoms with Gasteiger partial charge in [0.05, 0.1) is 16.8 Å². The summed E-state index contributed by atoms with van der Waals surface area (Å²) in [6, 6.07) is 30.4. The SMILES string of the molecule is C=C/C(=C\C)c1cc(-c2ccc3c(c2)-c2ccccc2C3(/C(C=C)=C/C=C\C)C(C)/C=C\C=C/N)cc(-c2ccccc2)n1.CC.CC. The molecule has 1 aliphatic carbocycles. The van der Waals surface area contributed by atoms with Gasteiger partial charge in [-0.1, -0.05) is 163 Å². The first-order valence-electron chi connectivity index (χ1n) is 17.2. The van der Waals surface area contributed by atoms with Crippen molar-refractivity contribution < 1.29 is 0 Å². The number of hydrogen-bond acceptors (Lipinski definition) is 2. The van der Waals surface area contributed by atoms with E-state index >= 15 is 0 Å². The lowest BCUT2D eigenvalue weighted by atomic mass is 9.64. The van der Waals surface area contributed by atoms with Crippen LogP contribution in [-0.2, 0) is 5.41 Å². The molecule has 246 valence electrons. The Labute approximate surface area is 290 Å². The highest BCUT2D eigenvalue weighted by molar-refractivity contribution is 5.88. The maximum Gasteiger partial charge on any atom is 0.0715 e. The Balaban J connectivity index is 0.00000151. The second kappa shape index (κ2) is 18.2. The van der Waals surface area contributed by atoms with Gasteiger partial charge in [0, 0.05) is 5.56 Å². The van der Waals surface area contributed by atoms with Gasteiger partial charge in [0.1, 0.15) is 0 Å². The molecule has 0 fully saturated rings. The number of rotatable bonds is 10. The largest absolute Gasteiger partial charge is 0.405 e. The van der Waals surface area contributed by atoms with Crippen molar-refractivity contribution >= 4 is 5.57 Å². The summed E-state index contributed by atoms with van der Waals surface area (Å²) < 4.78 is 0. The van der Waals surface area contributed by atoms with E-state index in [2.05, 4.69) is 129 Å². The summed E-state index contributed by atoms with van der Waals surface area (Å²) in [5.41, 5.74) is 17.6. The molecule has 2 unspecified atom stereocenters. The molecular formula is C46H52N2. The molecule has 4 aromatic rings. The van der Waals surface area contributed by atoms with Crippen LogP contribution in [0.4, 0.5) is 0 Å². The minimum absolute atomic E-state index is 0.114. The molecular weight excluding hydrogens is 581 g/mol. The fraction of sp³-hybridized carbons (Fsp3) is 0.196. The molecule has 0 saturated heterocycles. The van der Waals surface area contributed by atoms with E-state index in [1.165, 1.54) is 22.3 Å². The molecule has 0 bridgehead atoms. The average Bonchev–Trinajstić information content (AvgIpc) is 3.45. The lowest BCUT2D eigenvalue weighted by Gasteiger charge is -2.38. The van der Waals surface area contributed by atoms with Crippen molar-refractivity contribution in [3.05, 3.63) is 181 Å². The molecule has 5 rings (SSSR count). The van der Waals surface area contributed by atoms with E-state index in [4.69, 9.17) is 10.7 Å². The van der Waals surface area contributed by atoms with Crippen molar-refractivity contribution in [2.24, 2.45) is 11.7 Å². The monoisotopic (exact) mass is 632 g/mol. The molecule has 2 N–H and O–H groups in total. The van der Waals surface area contributed by atoms with Crippen LogP contribution in [-0.4, -0.2) is 4.98 Å². The molecule has 1 aromatic heterocycles. The van der Waals surface area contributed by atoms with Crippen LogP contribution >= 0.6 is 0 Å². The van der Waals surface area contributed by atoms with Gasteiger partial charge in [-0.25, -0.2) is 4.98 Å². The first-order chi connectivity index (χ1) is 23.5. The molecule has 0 amide bonds. The van der Waals surface area contributed by atoms with Crippen LogP contribution in [0.25, 0.3) is 39.1 Å². The van der Waals surface area contributed by atoms with Gasteiger partial charge in [0.25, 0.3) is 0 Å². The Morgan fingerprint density at radius 2 is 1.42 bits per heavy atom. The van der Waals surface area contributed by atoms with Crippen LogP contribution in [0.3, 0.4) is 0 Å². The van der Waals surface area contributed by atoms with Crippen LogP contribution in [0.1, 0.15) is 65.3 Å². The average molecular weight is 633 g/mol. The van der Waals surface area contributed by atoms with E-state index in [1.54, 1.807) is 6.20 Å². The van der Waals surface area contributed by atoms with Crippen molar-refractivity contribution in [1.29, 1.82) is 0 Å². The third-order valence-corrected chi connectivity index (χ3v) is 8.59. The zero-order valence-electron chi connectivity index (χ0n) is 29.9. The van der Waals surface area contributed by atoms with E-state index in [0.717, 1.165) is 39.2 Å². The van der Waals surface area contributed by atoms with E-state index in [9.17, 15) is 0 Å². The zero-order valence-corrected chi connectivity index (χ0v) is 29.9. The van der Waals surface area contributed by atoms with Gasteiger partial charge in [0.2, 0.25) is 0 Å². The molecule has 0 aliphatic heterocycles. The van der Waals surface area contributed by atoms with Crippen LogP contribution in [0.15, 0.2) is 165 Å². The lowest BCUT2D eigenvalue weighted by Crippen LogP contribution is -2.34. The lowest BCUT2D eigenvalue weighted by molar-refractivity contribution is 0.491. The molecule has 2 nitrogen and oxygen atoms in total. The number of pyridine rings is 1. The molecule has 0 radical (unpaired) electrons. The number of aromatic nitrogens is 1. The van der Waals surface area contributed by atoms with Gasteiger partial charge < -0.3 is 5.73 Å². The standard InChI is InChI=1S/C42H40N2.2C2H6/c1-6-10-21-35(9-4)42(30(5)18-16-17-26-43)38-23-15-14-22-36(38)37-27-33(24-25-39(37)42)34-28-40(31(7-2)8-3)44-41(29-34)32-19-12-11-13-20-32;2*1-2/h6-30H,2,4,43H2,1,3,5H3;2*1-2H3/b10-6-,18-16-,26-17-,31-8+,35-21+;;. The quantitative estimate of drug-likeness (QED) is 0.177. The Morgan fingerprint density at radius 1 is 0.729 bits per heavy atom. The number of nitrogens with zero attached hydrogens (tertiary/aromatic N) is 1. The normalized spacial score (nSPS) is 16.1. The summed E-state index contributed by atoms with van der Waals surface area (Å²) in [6.45, 7) is 22.7. The van der Waals surface area contributed by atoms with Crippen LogP contribution in [0.5, 0.6) is 0 Å². The Kier molecular flexibility index (Phi) is 14.1. The number of allylic oxidation sites excluding steroid dienone is 11. The summed E-state index contributed by atoms with van der Waals surface area (Å²) in [5.74, 6) is 0.114. The fourth-order valence-electron chi connectivity index (χ4n) is 6.53. The van der Waals surface area contributed by atoms with Crippen molar-refractivity contribution in [1.82, 2.24) is 4.98 Å². The molecule has 3 aromatic carbocycles. The Morgan fingerprint density at radius 3 is 2.06 bits per heavy atom. The van der Waals surface area contributed by atoms with Crippen molar-refractivity contribution in [2.75, 3.05) is 0 Å². The summed E-state index contributed by atoms with van der Waals surface area (Å²) in [5, 5.41) is 0. The fourth-order valence-corrected chi connectivity index (χ4v) is 6.53. The van der Waals surface area contributed by atoms with Gasteiger partial charge >= 0.3 is 0 Å². The number of nitrogens with two attached hydrogens (primary N) is 1. The molecule has 1 heterocycles. The van der Waals surface area contributed by atoms with Gasteiger partial charge in [-0.3, -0.25) is 0 Å². The third kappa shape index (κ3) is 7.34. The van der Waals surface area contributed by atoms with Crippen LogP contribution in [0.2, 0.25) is 0 Å². The van der Waals surface area contributed by atoms with Gasteiger partial charge in [-0.05, 0) is 94.8 Å². The Hall–Kier alpha value is -5.21. The summed E-state index contributed by atoms with van der Waals surface area (Å²) in [4.78, 5) is 5.04. The van der Waals surface area contributed by atoms with E-state index in [-0.39, 0.29) is 5.92 Å². The van der Waals surface area contributed by atoms with E-state index in [1.807, 2.05) is 71.9 Å². The van der Waals surface area contributed by atoms with Crippen molar-refractivity contribution in [2.45, 2.75) is 53.9 Å². The van der Waals surface area contributed by atoms with Gasteiger partial charge in [-0.2, -0.15) is 0 Å². The van der Waals surface area contributed by atoms with Crippen LogP contribution in [0, 0.1) is 5.92 Å². The van der Waals surface area contributed by atoms with E-state index in [0.29, 0.717) is 0 Å². The molecule has 48 heavy (non-hydrogen) atoms. The first kappa shape index (κ1) is 37.2. The molecule has 1 aliphatic rings. The minimum Gasteiger partial charge on any atom is -0.405 e. The van der Waals surface area contributed by atoms with E-state index < -0.39 is 5.41 Å². The highest BCUT2D eigenvalue weighted by Crippen LogP contribution is 2.57. The van der Waals surface area contributed by atoms with Gasteiger partial charge in [0.15, 0.2) is 0 Å². The predicted molar refractivity (Wildman–Crippen MR) is 213 cm³/mol. The first-order valence-corrected chi connectivity index (χ1v) is 17.2. The molecule has 0 saturated carbocycles. The summed E-state index contributed by atoms with van der Waals surface area (Å²) in [6.07, 6.45) is 20.0. The Bertz CT molecular complexity index is 1830. The molecule has 2 atom stereocenters. The summed E-state index contributed by atoms with van der Waals surface area (Å²) in [7, 11) is 0. The van der Waals surface area contributed by atoms with Gasteiger partial charge in [-0.15, -0.1) is 0 Å². The molecule has 0 spiro atoms. The summed E-state index contributed by atoms with van der Waals surface area (Å²) >= 11 is 0. The van der Waals surface area contributed by atoms with Crippen LogP contribution < -0.4 is 5.73 Å². The zero-order chi connectivity index (χ0) is 35.1. The number of fused-ring (bicyclic) bond motifs is 3. The third-order valence-electron chi connectivity index (χ3n) is 8.59. The second-order valence-corrected chi connectivity index (χ2v) is 11.0. The number of hydrogen-bond donors (Lipinski definition) is 1. The number of benzene rings is 3. The predicted octanol–water partition coefficient (Wildman–Crippen LogP) is 12.7. The maximum atomic E-state index is 5.69. The molecule has 2 heteroatoms. The smallest absolute Gasteiger partial charge is 0.0715 e. The topological polar surface area (TPSA) is 38.9 Å². The van der Waals surface area contributed by atoms with Crippen molar-refractivity contribution in [3.63, 3.8) is 0 Å². The highest BCUT2D eigenvalue weighted by atomic mass is 14.7.